The zero-order valence-electron chi connectivity index (χ0n) is 9.82. The molecule has 0 aromatic heterocycles. The molecule has 2 aromatic carbocycles. The van der Waals surface area contributed by atoms with E-state index in [-0.39, 0.29) is 12.4 Å². The first kappa shape index (κ1) is 12.1. The second kappa shape index (κ2) is 5.78. The maximum absolute atomic E-state index is 13.6. The molecule has 17 heavy (non-hydrogen) atoms. The van der Waals surface area contributed by atoms with E-state index in [0.29, 0.717) is 5.39 Å². The van der Waals surface area contributed by atoms with E-state index >= 15 is 0 Å². The SMILES string of the molecule is OCCCCCc1cccc2c(F)cccc12. The van der Waals surface area contributed by atoms with Crippen molar-refractivity contribution in [2.24, 2.45) is 0 Å². The van der Waals surface area contributed by atoms with E-state index in [1.165, 1.54) is 11.6 Å². The van der Waals surface area contributed by atoms with E-state index in [2.05, 4.69) is 6.07 Å². The summed E-state index contributed by atoms with van der Waals surface area (Å²) in [6.07, 6.45) is 3.85. The molecule has 0 spiro atoms. The molecule has 0 bridgehead atoms. The Kier molecular flexibility index (Phi) is 4.10. The lowest BCUT2D eigenvalue weighted by Gasteiger charge is -2.06. The molecular weight excluding hydrogens is 215 g/mol. The third-order valence-electron chi connectivity index (χ3n) is 3.06. The van der Waals surface area contributed by atoms with Crippen molar-refractivity contribution in [3.05, 3.63) is 47.8 Å². The molecule has 0 saturated carbocycles. The first-order chi connectivity index (χ1) is 8.33. The lowest BCUT2D eigenvalue weighted by molar-refractivity contribution is 0.283. The summed E-state index contributed by atoms with van der Waals surface area (Å²) in [7, 11) is 0. The van der Waals surface area contributed by atoms with E-state index in [9.17, 15) is 4.39 Å². The van der Waals surface area contributed by atoms with Gasteiger partial charge < -0.3 is 5.11 Å². The summed E-state index contributed by atoms with van der Waals surface area (Å²) >= 11 is 0. The molecule has 2 aromatic rings. The average molecular weight is 232 g/mol. The van der Waals surface area contributed by atoms with Crippen LogP contribution in [0.2, 0.25) is 0 Å². The van der Waals surface area contributed by atoms with Crippen LogP contribution in [0.3, 0.4) is 0 Å². The van der Waals surface area contributed by atoms with Crippen molar-refractivity contribution in [3.63, 3.8) is 0 Å². The summed E-state index contributed by atoms with van der Waals surface area (Å²) in [4.78, 5) is 0. The molecule has 0 amide bonds. The highest BCUT2D eigenvalue weighted by Gasteiger charge is 2.03. The standard InChI is InChI=1S/C15H17FO/c16-15-10-5-8-13-12(6-2-1-3-11-17)7-4-9-14(13)15/h4-5,7-10,17H,1-3,6,11H2. The van der Waals surface area contributed by atoms with Gasteiger partial charge in [-0.25, -0.2) is 4.39 Å². The van der Waals surface area contributed by atoms with Crippen LogP contribution in [0.5, 0.6) is 0 Å². The molecule has 0 heterocycles. The average Bonchev–Trinajstić information content (AvgIpc) is 2.36. The first-order valence-corrected chi connectivity index (χ1v) is 6.10. The summed E-state index contributed by atoms with van der Waals surface area (Å²) in [5.41, 5.74) is 1.19. The predicted molar refractivity (Wildman–Crippen MR) is 68.5 cm³/mol. The molecule has 0 atom stereocenters. The van der Waals surface area contributed by atoms with Gasteiger partial charge in [-0.3, -0.25) is 0 Å². The Labute approximate surface area is 101 Å². The van der Waals surface area contributed by atoms with Gasteiger partial charge in [0.05, 0.1) is 0 Å². The molecule has 0 aliphatic rings. The number of aliphatic hydroxyl groups is 1. The predicted octanol–water partition coefficient (Wildman–Crippen LogP) is 3.68. The third-order valence-corrected chi connectivity index (χ3v) is 3.06. The molecule has 0 unspecified atom stereocenters. The maximum atomic E-state index is 13.6. The molecule has 1 N–H and O–H groups in total. The minimum atomic E-state index is -0.153. The Hall–Kier alpha value is -1.41. The molecule has 0 aliphatic carbocycles. The van der Waals surface area contributed by atoms with Crippen molar-refractivity contribution in [2.75, 3.05) is 6.61 Å². The number of rotatable bonds is 5. The monoisotopic (exact) mass is 232 g/mol. The van der Waals surface area contributed by atoms with Crippen LogP contribution in [-0.4, -0.2) is 11.7 Å². The summed E-state index contributed by atoms with van der Waals surface area (Å²) in [5, 5.41) is 10.4. The summed E-state index contributed by atoms with van der Waals surface area (Å²) in [5.74, 6) is -0.153. The number of hydrogen-bond donors (Lipinski definition) is 1. The summed E-state index contributed by atoms with van der Waals surface area (Å²) in [6, 6.07) is 11.0. The number of aryl methyl sites for hydroxylation is 1. The summed E-state index contributed by atoms with van der Waals surface area (Å²) < 4.78 is 13.6. The van der Waals surface area contributed by atoms with Crippen molar-refractivity contribution in [1.82, 2.24) is 0 Å². The van der Waals surface area contributed by atoms with E-state index in [1.54, 1.807) is 6.07 Å². The summed E-state index contributed by atoms with van der Waals surface area (Å²) in [6.45, 7) is 0.254. The Morgan fingerprint density at radius 2 is 1.65 bits per heavy atom. The van der Waals surface area contributed by atoms with Crippen LogP contribution in [0.15, 0.2) is 36.4 Å². The topological polar surface area (TPSA) is 20.2 Å². The van der Waals surface area contributed by atoms with Crippen molar-refractivity contribution in [1.29, 1.82) is 0 Å². The highest BCUT2D eigenvalue weighted by Crippen LogP contribution is 2.22. The minimum Gasteiger partial charge on any atom is -0.396 e. The zero-order chi connectivity index (χ0) is 12.1. The number of halogens is 1. The maximum Gasteiger partial charge on any atom is 0.131 e. The lowest BCUT2D eigenvalue weighted by atomic mass is 9.99. The van der Waals surface area contributed by atoms with Crippen molar-refractivity contribution >= 4 is 10.8 Å². The van der Waals surface area contributed by atoms with Crippen LogP contribution >= 0.6 is 0 Å². The molecule has 0 radical (unpaired) electrons. The fraction of sp³-hybridized carbons (Fsp3) is 0.333. The number of unbranched alkanes of at least 4 members (excludes halogenated alkanes) is 2. The van der Waals surface area contributed by atoms with Gasteiger partial charge in [0.15, 0.2) is 0 Å². The molecule has 2 rings (SSSR count). The Morgan fingerprint density at radius 3 is 2.47 bits per heavy atom. The van der Waals surface area contributed by atoms with Gasteiger partial charge in [0, 0.05) is 12.0 Å². The van der Waals surface area contributed by atoms with Crippen LogP contribution in [-0.2, 0) is 6.42 Å². The quantitative estimate of drug-likeness (QED) is 0.779. The number of hydrogen-bond acceptors (Lipinski definition) is 1. The van der Waals surface area contributed by atoms with Gasteiger partial charge in [-0.05, 0) is 36.3 Å². The Bertz CT molecular complexity index is 493. The van der Waals surface area contributed by atoms with Gasteiger partial charge in [-0.2, -0.15) is 0 Å². The second-order valence-electron chi connectivity index (χ2n) is 4.29. The van der Waals surface area contributed by atoms with E-state index in [4.69, 9.17) is 5.11 Å². The molecule has 0 aliphatic heterocycles. The van der Waals surface area contributed by atoms with E-state index < -0.39 is 0 Å². The second-order valence-corrected chi connectivity index (χ2v) is 4.29. The largest absolute Gasteiger partial charge is 0.396 e. The lowest BCUT2D eigenvalue weighted by Crippen LogP contribution is -1.90. The molecule has 0 saturated heterocycles. The van der Waals surface area contributed by atoms with Crippen molar-refractivity contribution in [2.45, 2.75) is 25.7 Å². The fourth-order valence-corrected chi connectivity index (χ4v) is 2.16. The highest BCUT2D eigenvalue weighted by molar-refractivity contribution is 5.86. The van der Waals surface area contributed by atoms with E-state index in [1.807, 2.05) is 18.2 Å². The minimum absolute atomic E-state index is 0.153. The van der Waals surface area contributed by atoms with Crippen molar-refractivity contribution in [3.8, 4) is 0 Å². The van der Waals surface area contributed by atoms with Crippen LogP contribution in [0, 0.1) is 5.82 Å². The number of fused-ring (bicyclic) bond motifs is 1. The molecule has 0 fully saturated rings. The van der Waals surface area contributed by atoms with Gasteiger partial charge >= 0.3 is 0 Å². The smallest absolute Gasteiger partial charge is 0.131 e. The van der Waals surface area contributed by atoms with Crippen LogP contribution in [0.4, 0.5) is 4.39 Å². The van der Waals surface area contributed by atoms with Gasteiger partial charge in [0.1, 0.15) is 5.82 Å². The normalized spacial score (nSPS) is 10.9. The Balaban J connectivity index is 2.19. The fourth-order valence-electron chi connectivity index (χ4n) is 2.16. The number of benzene rings is 2. The molecular formula is C15H17FO. The third kappa shape index (κ3) is 2.83. The van der Waals surface area contributed by atoms with Crippen LogP contribution in [0.25, 0.3) is 10.8 Å². The van der Waals surface area contributed by atoms with E-state index in [0.717, 1.165) is 31.1 Å². The molecule has 90 valence electrons. The van der Waals surface area contributed by atoms with Crippen LogP contribution in [0.1, 0.15) is 24.8 Å². The van der Waals surface area contributed by atoms with Gasteiger partial charge in [0.25, 0.3) is 0 Å². The van der Waals surface area contributed by atoms with Crippen LogP contribution < -0.4 is 0 Å². The molecule has 2 heteroatoms. The van der Waals surface area contributed by atoms with Gasteiger partial charge in [-0.1, -0.05) is 36.8 Å². The zero-order valence-corrected chi connectivity index (χ0v) is 9.82. The van der Waals surface area contributed by atoms with Gasteiger partial charge in [0.2, 0.25) is 0 Å². The highest BCUT2D eigenvalue weighted by atomic mass is 19.1. The number of aliphatic hydroxyl groups excluding tert-OH is 1. The molecule has 1 nitrogen and oxygen atoms in total. The van der Waals surface area contributed by atoms with Gasteiger partial charge in [-0.15, -0.1) is 0 Å². The van der Waals surface area contributed by atoms with Crippen molar-refractivity contribution < 1.29 is 9.50 Å². The Morgan fingerprint density at radius 1 is 0.882 bits per heavy atom. The first-order valence-electron chi connectivity index (χ1n) is 6.10.